The molecule has 28 heavy (non-hydrogen) atoms. The Hall–Kier alpha value is -3.27. The molecule has 3 rings (SSSR count). The summed E-state index contributed by atoms with van der Waals surface area (Å²) in [6, 6.07) is 25.3. The van der Waals surface area contributed by atoms with Crippen molar-refractivity contribution in [1.82, 2.24) is 4.90 Å². The van der Waals surface area contributed by atoms with Gasteiger partial charge in [0.1, 0.15) is 11.5 Å². The predicted molar refractivity (Wildman–Crippen MR) is 111 cm³/mol. The summed E-state index contributed by atoms with van der Waals surface area (Å²) in [6.07, 6.45) is 0. The molecule has 3 aromatic carbocycles. The molecule has 1 amide bonds. The number of amides is 1. The maximum absolute atomic E-state index is 13.5. The van der Waals surface area contributed by atoms with Crippen molar-refractivity contribution < 1.29 is 14.3 Å². The molecule has 0 unspecified atom stereocenters. The molecular weight excluding hydrogens is 350 g/mol. The lowest BCUT2D eigenvalue weighted by Gasteiger charge is -2.32. The lowest BCUT2D eigenvalue weighted by molar-refractivity contribution is 0.0716. The van der Waals surface area contributed by atoms with Crippen LogP contribution < -0.4 is 9.47 Å². The first-order chi connectivity index (χ1) is 13.7. The highest BCUT2D eigenvalue weighted by Crippen LogP contribution is 2.31. The average Bonchev–Trinajstić information content (AvgIpc) is 2.77. The van der Waals surface area contributed by atoms with Crippen LogP contribution in [-0.4, -0.2) is 31.6 Å². The van der Waals surface area contributed by atoms with Crippen molar-refractivity contribution in [3.05, 3.63) is 95.6 Å². The van der Waals surface area contributed by atoms with E-state index in [4.69, 9.17) is 9.47 Å². The van der Waals surface area contributed by atoms with E-state index in [0.717, 1.165) is 11.1 Å². The van der Waals surface area contributed by atoms with Crippen molar-refractivity contribution in [2.45, 2.75) is 13.0 Å². The maximum atomic E-state index is 13.5. The second-order valence-corrected chi connectivity index (χ2v) is 6.42. The van der Waals surface area contributed by atoms with Gasteiger partial charge in [-0.3, -0.25) is 4.79 Å². The molecular formula is C24H25NO3. The van der Waals surface area contributed by atoms with Crippen molar-refractivity contribution in [2.24, 2.45) is 0 Å². The zero-order chi connectivity index (χ0) is 19.9. The van der Waals surface area contributed by atoms with Gasteiger partial charge >= 0.3 is 0 Å². The second kappa shape index (κ2) is 9.09. The Morgan fingerprint density at radius 1 is 0.821 bits per heavy atom. The minimum absolute atomic E-state index is 0.0718. The first-order valence-corrected chi connectivity index (χ1v) is 9.31. The molecule has 0 saturated heterocycles. The van der Waals surface area contributed by atoms with Crippen LogP contribution in [0, 0.1) is 0 Å². The Kier molecular flexibility index (Phi) is 6.33. The van der Waals surface area contributed by atoms with Crippen LogP contribution in [0.1, 0.15) is 34.5 Å². The van der Waals surface area contributed by atoms with Gasteiger partial charge in [-0.1, -0.05) is 60.7 Å². The summed E-state index contributed by atoms with van der Waals surface area (Å²) in [5.41, 5.74) is 2.67. The van der Waals surface area contributed by atoms with E-state index in [-0.39, 0.29) is 11.9 Å². The van der Waals surface area contributed by atoms with Gasteiger partial charge in [-0.25, -0.2) is 0 Å². The minimum atomic E-state index is -0.183. The summed E-state index contributed by atoms with van der Waals surface area (Å²) in [5, 5.41) is 0. The van der Waals surface area contributed by atoms with Crippen LogP contribution in [0.25, 0.3) is 0 Å². The summed E-state index contributed by atoms with van der Waals surface area (Å²) in [5.74, 6) is 1.11. The van der Waals surface area contributed by atoms with E-state index in [1.807, 2.05) is 48.2 Å². The van der Waals surface area contributed by atoms with Gasteiger partial charge in [0.15, 0.2) is 0 Å². The third kappa shape index (κ3) is 4.17. The number of rotatable bonds is 7. The molecule has 0 aliphatic rings. The van der Waals surface area contributed by atoms with Gasteiger partial charge in [-0.2, -0.15) is 0 Å². The highest BCUT2D eigenvalue weighted by molar-refractivity contribution is 5.95. The lowest BCUT2D eigenvalue weighted by Crippen LogP contribution is -2.35. The zero-order valence-corrected chi connectivity index (χ0v) is 16.5. The molecule has 0 atom stereocenters. The van der Waals surface area contributed by atoms with E-state index >= 15 is 0 Å². The lowest BCUT2D eigenvalue weighted by atomic mass is 9.96. The number of hydrogen-bond donors (Lipinski definition) is 0. The van der Waals surface area contributed by atoms with Crippen LogP contribution in [0.5, 0.6) is 11.5 Å². The molecule has 0 heterocycles. The summed E-state index contributed by atoms with van der Waals surface area (Å²) in [6.45, 7) is 2.56. The number of hydrogen-bond acceptors (Lipinski definition) is 3. The summed E-state index contributed by atoms with van der Waals surface area (Å²) < 4.78 is 10.7. The Morgan fingerprint density at radius 3 is 1.68 bits per heavy atom. The molecule has 144 valence electrons. The third-order valence-corrected chi connectivity index (χ3v) is 4.74. The number of carbonyl (C=O) groups is 1. The van der Waals surface area contributed by atoms with E-state index in [2.05, 4.69) is 24.3 Å². The molecule has 0 saturated carbocycles. The van der Waals surface area contributed by atoms with E-state index in [1.54, 1.807) is 32.4 Å². The molecule has 0 radical (unpaired) electrons. The molecule has 0 spiro atoms. The number of benzene rings is 3. The van der Waals surface area contributed by atoms with Crippen LogP contribution in [0.3, 0.4) is 0 Å². The molecule has 0 aliphatic heterocycles. The van der Waals surface area contributed by atoms with Gasteiger partial charge in [0.05, 0.1) is 20.3 Å². The Morgan fingerprint density at radius 2 is 1.29 bits per heavy atom. The SMILES string of the molecule is CCN(C(=O)c1cc(OC)cc(OC)c1)C(c1ccccc1)c1ccccc1. The quantitative estimate of drug-likeness (QED) is 0.586. The van der Waals surface area contributed by atoms with Crippen LogP contribution in [-0.2, 0) is 0 Å². The smallest absolute Gasteiger partial charge is 0.254 e. The van der Waals surface area contributed by atoms with Crippen molar-refractivity contribution in [3.63, 3.8) is 0 Å². The molecule has 4 heteroatoms. The van der Waals surface area contributed by atoms with Gasteiger partial charge in [0.2, 0.25) is 0 Å². The van der Waals surface area contributed by atoms with E-state index in [0.29, 0.717) is 23.6 Å². The Balaban J connectivity index is 2.07. The largest absolute Gasteiger partial charge is 0.497 e. The molecule has 0 bridgehead atoms. The fourth-order valence-electron chi connectivity index (χ4n) is 3.36. The Bertz CT molecular complexity index is 848. The van der Waals surface area contributed by atoms with Crippen LogP contribution >= 0.6 is 0 Å². The predicted octanol–water partition coefficient (Wildman–Crippen LogP) is 4.96. The molecule has 0 N–H and O–H groups in total. The fraction of sp³-hybridized carbons (Fsp3) is 0.208. The van der Waals surface area contributed by atoms with Crippen molar-refractivity contribution >= 4 is 5.91 Å². The zero-order valence-electron chi connectivity index (χ0n) is 16.5. The van der Waals surface area contributed by atoms with Crippen LogP contribution in [0.15, 0.2) is 78.9 Å². The van der Waals surface area contributed by atoms with Crippen LogP contribution in [0.2, 0.25) is 0 Å². The van der Waals surface area contributed by atoms with E-state index < -0.39 is 0 Å². The molecule has 0 fully saturated rings. The molecule has 0 aromatic heterocycles. The molecule has 4 nitrogen and oxygen atoms in total. The summed E-state index contributed by atoms with van der Waals surface area (Å²) in [7, 11) is 3.16. The Labute approximate surface area is 166 Å². The first kappa shape index (κ1) is 19.5. The summed E-state index contributed by atoms with van der Waals surface area (Å²) in [4.78, 5) is 15.4. The molecule has 3 aromatic rings. The highest BCUT2D eigenvalue weighted by Gasteiger charge is 2.27. The van der Waals surface area contributed by atoms with Gasteiger partial charge < -0.3 is 14.4 Å². The number of nitrogens with zero attached hydrogens (tertiary/aromatic N) is 1. The van der Waals surface area contributed by atoms with Crippen molar-refractivity contribution in [1.29, 1.82) is 0 Å². The van der Waals surface area contributed by atoms with Gasteiger partial charge in [0.25, 0.3) is 5.91 Å². The monoisotopic (exact) mass is 375 g/mol. The minimum Gasteiger partial charge on any atom is -0.497 e. The summed E-state index contributed by atoms with van der Waals surface area (Å²) >= 11 is 0. The standard InChI is InChI=1S/C24H25NO3/c1-4-25(24(26)20-15-21(27-2)17-22(16-20)28-3)23(18-11-7-5-8-12-18)19-13-9-6-10-14-19/h5-17,23H,4H2,1-3H3. The second-order valence-electron chi connectivity index (χ2n) is 6.42. The van der Waals surface area contributed by atoms with E-state index in [1.165, 1.54) is 0 Å². The van der Waals surface area contributed by atoms with Gasteiger partial charge in [-0.15, -0.1) is 0 Å². The first-order valence-electron chi connectivity index (χ1n) is 9.31. The number of methoxy groups -OCH3 is 2. The highest BCUT2D eigenvalue weighted by atomic mass is 16.5. The van der Waals surface area contributed by atoms with E-state index in [9.17, 15) is 4.79 Å². The van der Waals surface area contributed by atoms with Gasteiger partial charge in [0, 0.05) is 18.2 Å². The number of carbonyl (C=O) groups excluding carboxylic acids is 1. The maximum Gasteiger partial charge on any atom is 0.254 e. The molecule has 0 aliphatic carbocycles. The van der Waals surface area contributed by atoms with Crippen molar-refractivity contribution in [2.75, 3.05) is 20.8 Å². The fourth-order valence-corrected chi connectivity index (χ4v) is 3.36. The third-order valence-electron chi connectivity index (χ3n) is 4.74. The van der Waals surface area contributed by atoms with Crippen LogP contribution in [0.4, 0.5) is 0 Å². The average molecular weight is 375 g/mol. The number of ether oxygens (including phenoxy) is 2. The topological polar surface area (TPSA) is 38.8 Å². The normalized spacial score (nSPS) is 10.6. The van der Waals surface area contributed by atoms with Crippen molar-refractivity contribution in [3.8, 4) is 11.5 Å². The van der Waals surface area contributed by atoms with Gasteiger partial charge in [-0.05, 0) is 30.2 Å².